The van der Waals surface area contributed by atoms with E-state index in [2.05, 4.69) is 10.3 Å². The Morgan fingerprint density at radius 1 is 1.60 bits per heavy atom. The average molecular weight is 240 g/mol. The van der Waals surface area contributed by atoms with Crippen molar-refractivity contribution in [1.29, 1.82) is 0 Å². The van der Waals surface area contributed by atoms with Gasteiger partial charge in [0.25, 0.3) is 0 Å². The second kappa shape index (κ2) is 5.24. The summed E-state index contributed by atoms with van der Waals surface area (Å²) >= 11 is 0. The molecule has 10 heavy (non-hydrogen) atoms. The van der Waals surface area contributed by atoms with E-state index in [0.29, 0.717) is 0 Å². The third kappa shape index (κ3) is 8.55. The third-order valence-electron chi connectivity index (χ3n) is 0.582. The van der Waals surface area contributed by atoms with E-state index in [1.807, 2.05) is 0 Å². The zero-order chi connectivity index (χ0) is 7.49. The van der Waals surface area contributed by atoms with E-state index >= 15 is 0 Å². The summed E-state index contributed by atoms with van der Waals surface area (Å²) in [6.07, 6.45) is 2.38. The maximum Gasteiger partial charge on any atom is 0.443 e. The van der Waals surface area contributed by atoms with Gasteiger partial charge in [0, 0.05) is 32.7 Å². The molecule has 0 saturated carbocycles. The number of hydrogen-bond donors (Lipinski definition) is 1. The third-order valence-corrected chi connectivity index (χ3v) is 1.04. The Kier molecular flexibility index (Phi) is 6.89. The molecule has 0 spiro atoms. The van der Waals surface area contributed by atoms with Crippen LogP contribution in [0.1, 0.15) is 13.8 Å². The first kappa shape index (κ1) is 13.2. The van der Waals surface area contributed by atoms with E-state index in [1.54, 1.807) is 0 Å². The molecular formula is C4H7O4SY-. The molecule has 0 aliphatic heterocycles. The van der Waals surface area contributed by atoms with Crippen LogP contribution >= 0.6 is 0 Å². The van der Waals surface area contributed by atoms with Crippen molar-refractivity contribution in [2.75, 3.05) is 0 Å². The van der Waals surface area contributed by atoms with Gasteiger partial charge in [-0.15, -0.1) is 0 Å². The van der Waals surface area contributed by atoms with Crippen molar-refractivity contribution in [2.24, 2.45) is 0 Å². The Balaban J connectivity index is 0. The van der Waals surface area contributed by atoms with Crippen molar-refractivity contribution < 1.29 is 49.9 Å². The molecule has 0 rings (SSSR count). The molecule has 0 aromatic carbocycles. The van der Waals surface area contributed by atoms with Gasteiger partial charge in [-0.1, -0.05) is 5.76 Å². The molecule has 0 saturated heterocycles. The number of rotatable bonds is 2. The van der Waals surface area contributed by atoms with E-state index in [1.165, 1.54) is 13.8 Å². The molecule has 0 aromatic heterocycles. The van der Waals surface area contributed by atoms with Crippen LogP contribution in [0.15, 0.2) is 5.76 Å². The van der Waals surface area contributed by atoms with E-state index in [0.717, 1.165) is 0 Å². The van der Waals surface area contributed by atoms with Gasteiger partial charge < -0.3 is 10.3 Å². The molecule has 57 valence electrons. The maximum atomic E-state index is 9.87. The van der Waals surface area contributed by atoms with Gasteiger partial charge in [-0.25, -0.2) is 0 Å². The van der Waals surface area contributed by atoms with Gasteiger partial charge in [0.15, 0.2) is 0 Å². The van der Waals surface area contributed by atoms with Gasteiger partial charge in [-0.05, 0) is 6.92 Å². The Bertz CT molecular complexity index is 205. The minimum absolute atomic E-state index is 0. The fourth-order valence-corrected chi connectivity index (χ4v) is 0.599. The van der Waals surface area contributed by atoms with Gasteiger partial charge in [-0.2, -0.15) is 15.3 Å². The monoisotopic (exact) mass is 240 g/mol. The molecule has 0 bridgehead atoms. The molecule has 4 nitrogen and oxygen atoms in total. The molecule has 0 atom stereocenters. The van der Waals surface area contributed by atoms with Crippen LogP contribution < -0.4 is 0 Å². The smallest absolute Gasteiger partial charge is 0.443 e. The minimum Gasteiger partial charge on any atom is -0.458 e. The summed E-state index contributed by atoms with van der Waals surface area (Å²) < 4.78 is 31.7. The van der Waals surface area contributed by atoms with Crippen molar-refractivity contribution in [3.63, 3.8) is 0 Å². The first-order chi connectivity index (χ1) is 3.95. The van der Waals surface area contributed by atoms with Crippen molar-refractivity contribution in [3.8, 4) is 0 Å². The molecule has 0 unspecified atom stereocenters. The molecular weight excluding hydrogens is 233 g/mol. The van der Waals surface area contributed by atoms with Gasteiger partial charge in [-0.3, -0.25) is 4.55 Å². The predicted octanol–water partition coefficient (Wildman–Crippen LogP) is 0.530. The van der Waals surface area contributed by atoms with Crippen LogP contribution in [0.5, 0.6) is 0 Å². The van der Waals surface area contributed by atoms with Crippen LogP contribution in [0.2, 0.25) is 0 Å². The average Bonchev–Trinajstić information content (AvgIpc) is 1.62. The summed E-state index contributed by atoms with van der Waals surface area (Å²) in [4.78, 5) is 0. The van der Waals surface area contributed by atoms with Gasteiger partial charge >= 0.3 is 10.4 Å². The van der Waals surface area contributed by atoms with Crippen molar-refractivity contribution in [3.05, 3.63) is 11.8 Å². The first-order valence-corrected chi connectivity index (χ1v) is 3.50. The Hall–Kier alpha value is 0.554. The number of hydrogen-bond acceptors (Lipinski definition) is 3. The summed E-state index contributed by atoms with van der Waals surface area (Å²) in [6, 6.07) is 0. The molecule has 6 heteroatoms. The molecule has 0 aliphatic carbocycles. The molecule has 0 fully saturated rings. The van der Waals surface area contributed by atoms with E-state index in [9.17, 15) is 8.42 Å². The van der Waals surface area contributed by atoms with Gasteiger partial charge in [0.05, 0.1) is 0 Å². The van der Waals surface area contributed by atoms with Crippen molar-refractivity contribution >= 4 is 10.4 Å². The minimum atomic E-state index is -4.33. The quantitative estimate of drug-likeness (QED) is 0.434. The normalized spacial score (nSPS) is 12.1. The van der Waals surface area contributed by atoms with Gasteiger partial charge in [0.1, 0.15) is 0 Å². The standard InChI is InChI=1S/C4H7O4S.Y/c1-3-4(2)8-9(5,6)7;/h1-2H3,(H,5,6,7);/q-1;. The first-order valence-electron chi connectivity index (χ1n) is 2.14. The summed E-state index contributed by atoms with van der Waals surface area (Å²) in [5.74, 6) is 0.0255. The van der Waals surface area contributed by atoms with Crippen LogP contribution in [0.4, 0.5) is 0 Å². The summed E-state index contributed by atoms with van der Waals surface area (Å²) in [5, 5.41) is 0. The molecule has 0 heterocycles. The fraction of sp³-hybridized carbons (Fsp3) is 0.500. The van der Waals surface area contributed by atoms with E-state index in [4.69, 9.17) is 4.55 Å². The molecule has 1 N–H and O–H groups in total. The van der Waals surface area contributed by atoms with Crippen LogP contribution in [0.3, 0.4) is 0 Å². The maximum absolute atomic E-state index is 9.87. The van der Waals surface area contributed by atoms with Crippen molar-refractivity contribution in [2.45, 2.75) is 13.8 Å². The van der Waals surface area contributed by atoms with E-state index in [-0.39, 0.29) is 38.5 Å². The van der Waals surface area contributed by atoms with Crippen LogP contribution in [0.25, 0.3) is 0 Å². The predicted molar refractivity (Wildman–Crippen MR) is 30.7 cm³/mol. The summed E-state index contributed by atoms with van der Waals surface area (Å²) in [7, 11) is -4.33. The number of allylic oxidation sites excluding steroid dienone is 2. The van der Waals surface area contributed by atoms with E-state index < -0.39 is 10.4 Å². The second-order valence-corrected chi connectivity index (χ2v) is 2.34. The van der Waals surface area contributed by atoms with Crippen LogP contribution in [-0.2, 0) is 47.3 Å². The molecule has 0 aromatic rings. The van der Waals surface area contributed by atoms with Gasteiger partial charge in [0.2, 0.25) is 0 Å². The molecule has 1 radical (unpaired) electrons. The second-order valence-electron chi connectivity index (χ2n) is 1.32. The zero-order valence-corrected chi connectivity index (χ0v) is 9.31. The van der Waals surface area contributed by atoms with Crippen LogP contribution in [-0.4, -0.2) is 13.0 Å². The molecule has 0 amide bonds. The summed E-state index contributed by atoms with van der Waals surface area (Å²) in [6.45, 7) is 2.84. The topological polar surface area (TPSA) is 63.6 Å². The zero-order valence-electron chi connectivity index (χ0n) is 5.66. The SMILES string of the molecule is C[C-]=C(C)OS(=O)(=O)O.[Y]. The van der Waals surface area contributed by atoms with Crippen LogP contribution in [0, 0.1) is 6.08 Å². The Morgan fingerprint density at radius 3 is 2.10 bits per heavy atom. The van der Waals surface area contributed by atoms with Crippen molar-refractivity contribution in [1.82, 2.24) is 0 Å². The summed E-state index contributed by atoms with van der Waals surface area (Å²) in [5.41, 5.74) is 0. The Labute approximate surface area is 85.5 Å². The Morgan fingerprint density at radius 2 is 2.00 bits per heavy atom. The molecule has 0 aliphatic rings. The largest absolute Gasteiger partial charge is 0.458 e. The fourth-order valence-electron chi connectivity index (χ4n) is 0.200.